The zero-order valence-electron chi connectivity index (χ0n) is 12.4. The molecule has 110 valence electrons. The lowest BCUT2D eigenvalue weighted by atomic mass is 10.0. The Morgan fingerprint density at radius 2 is 1.10 bits per heavy atom. The third-order valence-corrected chi connectivity index (χ3v) is 3.88. The fraction of sp³-hybridized carbons (Fsp3) is 0.333. The van der Waals surface area contributed by atoms with E-state index in [1.807, 2.05) is 24.3 Å². The molecule has 1 aliphatic rings. The quantitative estimate of drug-likeness (QED) is 0.763. The van der Waals surface area contributed by atoms with Crippen LogP contribution in [-0.4, -0.2) is 26.4 Å². The normalized spacial score (nSPS) is 20.1. The standard InChI is InChI=1S/C18H20O3/c1-19-15-7-3-13(4-8-15)11-17-18(21-17)12-14-5-9-16(20-2)10-6-14/h3-10,17-18H,11-12H2,1-2H3/t17-,18-/m0/s1. The Labute approximate surface area is 125 Å². The van der Waals surface area contributed by atoms with E-state index in [2.05, 4.69) is 24.3 Å². The van der Waals surface area contributed by atoms with Crippen LogP contribution in [0.1, 0.15) is 11.1 Å². The van der Waals surface area contributed by atoms with E-state index in [1.165, 1.54) is 11.1 Å². The summed E-state index contributed by atoms with van der Waals surface area (Å²) in [5.41, 5.74) is 2.58. The van der Waals surface area contributed by atoms with Gasteiger partial charge in [0, 0.05) is 12.8 Å². The van der Waals surface area contributed by atoms with Crippen LogP contribution in [0, 0.1) is 0 Å². The lowest BCUT2D eigenvalue weighted by molar-refractivity contribution is 0.368. The number of benzene rings is 2. The van der Waals surface area contributed by atoms with Gasteiger partial charge in [0.05, 0.1) is 26.4 Å². The molecule has 2 aromatic rings. The number of ether oxygens (including phenoxy) is 3. The van der Waals surface area contributed by atoms with Crippen LogP contribution in [0.4, 0.5) is 0 Å². The predicted octanol–water partition coefficient (Wildman–Crippen LogP) is 3.26. The molecule has 2 atom stereocenters. The summed E-state index contributed by atoms with van der Waals surface area (Å²) < 4.78 is 16.1. The molecule has 0 aromatic heterocycles. The Morgan fingerprint density at radius 1 is 0.714 bits per heavy atom. The van der Waals surface area contributed by atoms with E-state index >= 15 is 0 Å². The van der Waals surface area contributed by atoms with Crippen molar-refractivity contribution in [3.8, 4) is 11.5 Å². The van der Waals surface area contributed by atoms with Gasteiger partial charge < -0.3 is 14.2 Å². The second-order valence-electron chi connectivity index (χ2n) is 5.32. The summed E-state index contributed by atoms with van der Waals surface area (Å²) in [6.07, 6.45) is 2.59. The third kappa shape index (κ3) is 3.56. The van der Waals surface area contributed by atoms with Crippen LogP contribution in [0.25, 0.3) is 0 Å². The molecule has 0 N–H and O–H groups in total. The molecule has 1 aliphatic heterocycles. The maximum atomic E-state index is 5.78. The van der Waals surface area contributed by atoms with Crippen molar-refractivity contribution < 1.29 is 14.2 Å². The Balaban J connectivity index is 1.51. The minimum atomic E-state index is 0.334. The van der Waals surface area contributed by atoms with Gasteiger partial charge in [0.25, 0.3) is 0 Å². The van der Waals surface area contributed by atoms with Gasteiger partial charge >= 0.3 is 0 Å². The summed E-state index contributed by atoms with van der Waals surface area (Å²) in [7, 11) is 3.37. The van der Waals surface area contributed by atoms with Crippen molar-refractivity contribution in [2.75, 3.05) is 14.2 Å². The maximum Gasteiger partial charge on any atom is 0.118 e. The summed E-state index contributed by atoms with van der Waals surface area (Å²) in [5.74, 6) is 1.79. The van der Waals surface area contributed by atoms with Crippen LogP contribution >= 0.6 is 0 Å². The second-order valence-corrected chi connectivity index (χ2v) is 5.32. The van der Waals surface area contributed by atoms with Gasteiger partial charge in [0.1, 0.15) is 11.5 Å². The Morgan fingerprint density at radius 3 is 1.43 bits per heavy atom. The van der Waals surface area contributed by atoms with Crippen molar-refractivity contribution in [2.45, 2.75) is 25.0 Å². The number of epoxide rings is 1. The molecular weight excluding hydrogens is 264 g/mol. The van der Waals surface area contributed by atoms with Crippen molar-refractivity contribution in [3.05, 3.63) is 59.7 Å². The molecule has 3 nitrogen and oxygen atoms in total. The molecule has 0 aliphatic carbocycles. The summed E-state index contributed by atoms with van der Waals surface area (Å²) in [5, 5.41) is 0. The van der Waals surface area contributed by atoms with E-state index < -0.39 is 0 Å². The minimum Gasteiger partial charge on any atom is -0.497 e. The topological polar surface area (TPSA) is 31.0 Å². The van der Waals surface area contributed by atoms with Gasteiger partial charge in [0.15, 0.2) is 0 Å². The van der Waals surface area contributed by atoms with Gasteiger partial charge in [-0.15, -0.1) is 0 Å². The molecule has 3 heteroatoms. The lowest BCUT2D eigenvalue weighted by Gasteiger charge is -2.02. The zero-order chi connectivity index (χ0) is 14.7. The largest absolute Gasteiger partial charge is 0.497 e. The van der Waals surface area contributed by atoms with Crippen LogP contribution in [0.3, 0.4) is 0 Å². The highest BCUT2D eigenvalue weighted by molar-refractivity contribution is 5.30. The van der Waals surface area contributed by atoms with Gasteiger partial charge in [-0.3, -0.25) is 0 Å². The van der Waals surface area contributed by atoms with Gasteiger partial charge in [-0.05, 0) is 35.4 Å². The molecular formula is C18H20O3. The molecule has 1 heterocycles. The van der Waals surface area contributed by atoms with Crippen LogP contribution in [0.15, 0.2) is 48.5 Å². The molecule has 1 fully saturated rings. The first kappa shape index (κ1) is 14.0. The molecule has 3 rings (SSSR count). The number of hydrogen-bond acceptors (Lipinski definition) is 3. The molecule has 0 saturated carbocycles. The van der Waals surface area contributed by atoms with Gasteiger partial charge in [-0.25, -0.2) is 0 Å². The fourth-order valence-electron chi connectivity index (χ4n) is 2.53. The molecule has 21 heavy (non-hydrogen) atoms. The third-order valence-electron chi connectivity index (χ3n) is 3.88. The zero-order valence-corrected chi connectivity index (χ0v) is 12.4. The van der Waals surface area contributed by atoms with Crippen LogP contribution in [-0.2, 0) is 17.6 Å². The van der Waals surface area contributed by atoms with Crippen LogP contribution < -0.4 is 9.47 Å². The molecule has 0 unspecified atom stereocenters. The van der Waals surface area contributed by atoms with E-state index in [9.17, 15) is 0 Å². The summed E-state index contributed by atoms with van der Waals surface area (Å²) >= 11 is 0. The van der Waals surface area contributed by atoms with E-state index in [0.29, 0.717) is 12.2 Å². The lowest BCUT2D eigenvalue weighted by Crippen LogP contribution is -2.02. The summed E-state index contributed by atoms with van der Waals surface area (Å²) in [6.45, 7) is 0. The minimum absolute atomic E-state index is 0.334. The van der Waals surface area contributed by atoms with Crippen molar-refractivity contribution >= 4 is 0 Å². The molecule has 0 spiro atoms. The molecule has 0 radical (unpaired) electrons. The Kier molecular flexibility index (Phi) is 4.11. The first-order valence-corrected chi connectivity index (χ1v) is 7.20. The number of rotatable bonds is 6. The van der Waals surface area contributed by atoms with Crippen molar-refractivity contribution in [1.82, 2.24) is 0 Å². The highest BCUT2D eigenvalue weighted by Crippen LogP contribution is 2.30. The predicted molar refractivity (Wildman–Crippen MR) is 82.1 cm³/mol. The highest BCUT2D eigenvalue weighted by atomic mass is 16.6. The van der Waals surface area contributed by atoms with Crippen LogP contribution in [0.2, 0.25) is 0 Å². The Bertz CT molecular complexity index is 521. The van der Waals surface area contributed by atoms with Crippen molar-refractivity contribution in [2.24, 2.45) is 0 Å². The van der Waals surface area contributed by atoms with Crippen molar-refractivity contribution in [1.29, 1.82) is 0 Å². The van der Waals surface area contributed by atoms with Crippen molar-refractivity contribution in [3.63, 3.8) is 0 Å². The number of hydrogen-bond donors (Lipinski definition) is 0. The van der Waals surface area contributed by atoms with Gasteiger partial charge in [0.2, 0.25) is 0 Å². The first-order valence-electron chi connectivity index (χ1n) is 7.20. The number of methoxy groups -OCH3 is 2. The van der Waals surface area contributed by atoms with Gasteiger partial charge in [-0.1, -0.05) is 24.3 Å². The van der Waals surface area contributed by atoms with E-state index in [-0.39, 0.29) is 0 Å². The monoisotopic (exact) mass is 284 g/mol. The van der Waals surface area contributed by atoms with E-state index in [0.717, 1.165) is 24.3 Å². The van der Waals surface area contributed by atoms with Gasteiger partial charge in [-0.2, -0.15) is 0 Å². The molecule has 1 saturated heterocycles. The average molecular weight is 284 g/mol. The second kappa shape index (κ2) is 6.19. The average Bonchev–Trinajstić information content (AvgIpc) is 3.26. The van der Waals surface area contributed by atoms with Crippen LogP contribution in [0.5, 0.6) is 11.5 Å². The fourth-order valence-corrected chi connectivity index (χ4v) is 2.53. The Hall–Kier alpha value is -2.00. The van der Waals surface area contributed by atoms with E-state index in [1.54, 1.807) is 14.2 Å². The summed E-state index contributed by atoms with van der Waals surface area (Å²) in [4.78, 5) is 0. The first-order chi connectivity index (χ1) is 10.3. The SMILES string of the molecule is COc1ccc(C[C@@H]2O[C@H]2Cc2ccc(OC)cc2)cc1. The molecule has 0 amide bonds. The maximum absolute atomic E-state index is 5.78. The highest BCUT2D eigenvalue weighted by Gasteiger charge is 2.38. The molecule has 2 aromatic carbocycles. The summed E-state index contributed by atoms with van der Waals surface area (Å²) in [6, 6.07) is 16.4. The molecule has 0 bridgehead atoms. The van der Waals surface area contributed by atoms with E-state index in [4.69, 9.17) is 14.2 Å². The smallest absolute Gasteiger partial charge is 0.118 e.